The lowest BCUT2D eigenvalue weighted by Crippen LogP contribution is -2.39. The SMILES string of the molecule is CNc1cc(C(=O)NC2CCS(=O)CC2)ccn1. The van der Waals surface area contributed by atoms with Crippen LogP contribution in [0.2, 0.25) is 0 Å². The van der Waals surface area contributed by atoms with Gasteiger partial charge < -0.3 is 10.6 Å². The second-order valence-electron chi connectivity index (χ2n) is 4.28. The number of hydrogen-bond donors (Lipinski definition) is 2. The maximum Gasteiger partial charge on any atom is 0.251 e. The maximum absolute atomic E-state index is 12.0. The van der Waals surface area contributed by atoms with Gasteiger partial charge in [-0.2, -0.15) is 0 Å². The highest BCUT2D eigenvalue weighted by Gasteiger charge is 2.20. The van der Waals surface area contributed by atoms with E-state index in [0.717, 1.165) is 12.8 Å². The molecule has 5 nitrogen and oxygen atoms in total. The van der Waals surface area contributed by atoms with Crippen molar-refractivity contribution in [1.29, 1.82) is 0 Å². The summed E-state index contributed by atoms with van der Waals surface area (Å²) in [6.45, 7) is 0. The van der Waals surface area contributed by atoms with Crippen molar-refractivity contribution in [3.05, 3.63) is 23.9 Å². The average molecular weight is 267 g/mol. The average Bonchev–Trinajstić information content (AvgIpc) is 2.41. The Morgan fingerprint density at radius 2 is 2.17 bits per heavy atom. The molecule has 0 aromatic carbocycles. The molecule has 1 aliphatic rings. The first-order valence-corrected chi connectivity index (χ1v) is 7.47. The quantitative estimate of drug-likeness (QED) is 0.848. The number of nitrogens with one attached hydrogen (secondary N) is 2. The van der Waals surface area contributed by atoms with E-state index < -0.39 is 10.8 Å². The zero-order valence-electron chi connectivity index (χ0n) is 10.3. The molecule has 2 heterocycles. The molecule has 0 unspecified atom stereocenters. The van der Waals surface area contributed by atoms with E-state index in [1.807, 2.05) is 0 Å². The van der Waals surface area contributed by atoms with Crippen LogP contribution in [0.15, 0.2) is 18.3 Å². The smallest absolute Gasteiger partial charge is 0.251 e. The van der Waals surface area contributed by atoms with Crippen molar-refractivity contribution in [1.82, 2.24) is 10.3 Å². The van der Waals surface area contributed by atoms with Gasteiger partial charge in [0, 0.05) is 47.2 Å². The summed E-state index contributed by atoms with van der Waals surface area (Å²) in [7, 11) is 1.07. The minimum absolute atomic E-state index is 0.0911. The molecular formula is C12H17N3O2S. The second kappa shape index (κ2) is 5.95. The molecule has 1 aromatic heterocycles. The van der Waals surface area contributed by atoms with Crippen LogP contribution in [0.3, 0.4) is 0 Å². The lowest BCUT2D eigenvalue weighted by molar-refractivity contribution is 0.0934. The van der Waals surface area contributed by atoms with E-state index >= 15 is 0 Å². The second-order valence-corrected chi connectivity index (χ2v) is 5.97. The van der Waals surface area contributed by atoms with Crippen LogP contribution in [0.5, 0.6) is 0 Å². The summed E-state index contributed by atoms with van der Waals surface area (Å²) in [5, 5.41) is 5.88. The van der Waals surface area contributed by atoms with Crippen molar-refractivity contribution in [2.75, 3.05) is 23.9 Å². The van der Waals surface area contributed by atoms with Gasteiger partial charge in [0.1, 0.15) is 5.82 Å². The summed E-state index contributed by atoms with van der Waals surface area (Å²) in [4.78, 5) is 16.1. The Morgan fingerprint density at radius 1 is 1.44 bits per heavy atom. The highest BCUT2D eigenvalue weighted by atomic mass is 32.2. The van der Waals surface area contributed by atoms with Gasteiger partial charge in [-0.3, -0.25) is 9.00 Å². The fourth-order valence-corrected chi connectivity index (χ4v) is 3.21. The number of carbonyl (C=O) groups excluding carboxylic acids is 1. The Balaban J connectivity index is 1.96. The Labute approximate surface area is 109 Å². The van der Waals surface area contributed by atoms with Crippen molar-refractivity contribution < 1.29 is 9.00 Å². The number of hydrogen-bond acceptors (Lipinski definition) is 4. The van der Waals surface area contributed by atoms with Gasteiger partial charge in [-0.15, -0.1) is 0 Å². The van der Waals surface area contributed by atoms with E-state index in [4.69, 9.17) is 0 Å². The fourth-order valence-electron chi connectivity index (χ4n) is 1.92. The Hall–Kier alpha value is -1.43. The molecule has 1 amide bonds. The van der Waals surface area contributed by atoms with Crippen molar-refractivity contribution in [3.63, 3.8) is 0 Å². The lowest BCUT2D eigenvalue weighted by Gasteiger charge is -2.22. The van der Waals surface area contributed by atoms with E-state index in [-0.39, 0.29) is 11.9 Å². The third-order valence-corrected chi connectivity index (χ3v) is 4.38. The Kier molecular flexibility index (Phi) is 4.30. The van der Waals surface area contributed by atoms with Crippen LogP contribution >= 0.6 is 0 Å². The van der Waals surface area contributed by atoms with Crippen molar-refractivity contribution in [2.45, 2.75) is 18.9 Å². The van der Waals surface area contributed by atoms with Crippen LogP contribution in [0.25, 0.3) is 0 Å². The molecule has 1 fully saturated rings. The molecule has 0 bridgehead atoms. The molecule has 0 atom stereocenters. The van der Waals surface area contributed by atoms with Gasteiger partial charge >= 0.3 is 0 Å². The first kappa shape index (κ1) is 13.0. The third-order valence-electron chi connectivity index (χ3n) is 3.00. The molecule has 1 saturated heterocycles. The Morgan fingerprint density at radius 3 is 2.83 bits per heavy atom. The van der Waals surface area contributed by atoms with Crippen LogP contribution in [0.4, 0.5) is 5.82 Å². The minimum atomic E-state index is -0.697. The third kappa shape index (κ3) is 3.29. The van der Waals surface area contributed by atoms with Crippen LogP contribution < -0.4 is 10.6 Å². The first-order chi connectivity index (χ1) is 8.69. The molecule has 2 rings (SSSR count). The number of nitrogens with zero attached hydrogens (tertiary/aromatic N) is 1. The summed E-state index contributed by atoms with van der Waals surface area (Å²) in [6, 6.07) is 3.55. The minimum Gasteiger partial charge on any atom is -0.373 e. The predicted octanol–water partition coefficient (Wildman–Crippen LogP) is 0.764. The van der Waals surface area contributed by atoms with Crippen LogP contribution in [0.1, 0.15) is 23.2 Å². The summed E-state index contributed by atoms with van der Waals surface area (Å²) < 4.78 is 11.2. The van der Waals surface area contributed by atoms with E-state index in [1.54, 1.807) is 25.4 Å². The molecule has 0 aliphatic carbocycles. The number of anilines is 1. The summed E-state index contributed by atoms with van der Waals surface area (Å²) in [5.74, 6) is 1.95. The van der Waals surface area contributed by atoms with Crippen molar-refractivity contribution in [2.24, 2.45) is 0 Å². The monoisotopic (exact) mass is 267 g/mol. The lowest BCUT2D eigenvalue weighted by atomic mass is 10.1. The van der Waals surface area contributed by atoms with Crippen LogP contribution in [-0.4, -0.2) is 39.7 Å². The molecule has 18 heavy (non-hydrogen) atoms. The van der Waals surface area contributed by atoms with Crippen LogP contribution in [-0.2, 0) is 10.8 Å². The van der Waals surface area contributed by atoms with Gasteiger partial charge in [-0.05, 0) is 25.0 Å². The predicted molar refractivity (Wildman–Crippen MR) is 72.1 cm³/mol. The van der Waals surface area contributed by atoms with Crippen LogP contribution in [0, 0.1) is 0 Å². The normalized spacial score (nSPS) is 23.4. The molecule has 1 aliphatic heterocycles. The van der Waals surface area contributed by atoms with Gasteiger partial charge in [0.05, 0.1) is 0 Å². The molecule has 0 spiro atoms. The van der Waals surface area contributed by atoms with Crippen molar-refractivity contribution >= 4 is 22.5 Å². The zero-order valence-corrected chi connectivity index (χ0v) is 11.1. The number of pyridine rings is 1. The summed E-state index contributed by atoms with van der Waals surface area (Å²) in [6.07, 6.45) is 3.20. The van der Waals surface area contributed by atoms with Gasteiger partial charge in [-0.25, -0.2) is 4.98 Å². The Bertz CT molecular complexity index is 454. The molecule has 1 aromatic rings. The van der Waals surface area contributed by atoms with Gasteiger partial charge in [0.15, 0.2) is 0 Å². The van der Waals surface area contributed by atoms with E-state index in [9.17, 15) is 9.00 Å². The van der Waals surface area contributed by atoms with E-state index in [0.29, 0.717) is 22.9 Å². The van der Waals surface area contributed by atoms with E-state index in [1.165, 1.54) is 0 Å². The number of carbonyl (C=O) groups is 1. The van der Waals surface area contributed by atoms with Gasteiger partial charge in [-0.1, -0.05) is 0 Å². The maximum atomic E-state index is 12.0. The topological polar surface area (TPSA) is 71.1 Å². The molecule has 2 N–H and O–H groups in total. The molecule has 6 heteroatoms. The number of amides is 1. The van der Waals surface area contributed by atoms with Crippen molar-refractivity contribution in [3.8, 4) is 0 Å². The summed E-state index contributed by atoms with van der Waals surface area (Å²) >= 11 is 0. The van der Waals surface area contributed by atoms with E-state index in [2.05, 4.69) is 15.6 Å². The molecule has 98 valence electrons. The highest BCUT2D eigenvalue weighted by Crippen LogP contribution is 2.11. The number of rotatable bonds is 3. The molecular weight excluding hydrogens is 250 g/mol. The van der Waals surface area contributed by atoms with Gasteiger partial charge in [0.2, 0.25) is 0 Å². The molecule has 0 saturated carbocycles. The molecule has 0 radical (unpaired) electrons. The standard InChI is InChI=1S/C12H17N3O2S/c1-13-11-8-9(2-5-14-11)12(16)15-10-3-6-18(17)7-4-10/h2,5,8,10H,3-4,6-7H2,1H3,(H,13,14)(H,15,16). The summed E-state index contributed by atoms with van der Waals surface area (Å²) in [5.41, 5.74) is 0.598. The van der Waals surface area contributed by atoms with Gasteiger partial charge in [0.25, 0.3) is 5.91 Å². The number of aromatic nitrogens is 1. The highest BCUT2D eigenvalue weighted by molar-refractivity contribution is 7.85. The largest absolute Gasteiger partial charge is 0.373 e. The first-order valence-electron chi connectivity index (χ1n) is 5.98. The fraction of sp³-hybridized carbons (Fsp3) is 0.500. The zero-order chi connectivity index (χ0) is 13.0.